The van der Waals surface area contributed by atoms with Crippen molar-refractivity contribution < 1.29 is 0 Å². The van der Waals surface area contributed by atoms with Gasteiger partial charge in [0.1, 0.15) is 0 Å². The Kier molecular flexibility index (Phi) is 5.69. The minimum absolute atomic E-state index is 0.339. The Morgan fingerprint density at radius 1 is 1.35 bits per heavy atom. The summed E-state index contributed by atoms with van der Waals surface area (Å²) in [6, 6.07) is 0. The van der Waals surface area contributed by atoms with Crippen LogP contribution in [-0.2, 0) is 13.5 Å². The molecule has 0 aromatic carbocycles. The molecular formula is C14H27N3. The molecule has 1 aromatic rings. The molecule has 1 rings (SSSR count). The van der Waals surface area contributed by atoms with Crippen molar-refractivity contribution in [3.63, 3.8) is 0 Å². The maximum Gasteiger partial charge on any atom is 0.0521 e. The molecule has 0 saturated carbocycles. The molecule has 1 aromatic heterocycles. The lowest BCUT2D eigenvalue weighted by Gasteiger charge is -2.31. The highest BCUT2D eigenvalue weighted by molar-refractivity contribution is 5.04. The minimum atomic E-state index is 0.339. The molecule has 0 amide bonds. The molecule has 2 N–H and O–H groups in total. The normalized spacial score (nSPS) is 14.8. The molecule has 0 fully saturated rings. The quantitative estimate of drug-likeness (QED) is 0.755. The minimum Gasteiger partial charge on any atom is -0.330 e. The lowest BCUT2D eigenvalue weighted by Crippen LogP contribution is -2.30. The van der Waals surface area contributed by atoms with Crippen LogP contribution in [0.1, 0.15) is 51.5 Å². The fourth-order valence-corrected chi connectivity index (χ4v) is 2.39. The van der Waals surface area contributed by atoms with Crippen LogP contribution in [-0.4, -0.2) is 16.3 Å². The molecule has 3 heteroatoms. The van der Waals surface area contributed by atoms with Gasteiger partial charge in [-0.3, -0.25) is 4.68 Å². The average Bonchev–Trinajstić information content (AvgIpc) is 2.76. The van der Waals surface area contributed by atoms with Crippen molar-refractivity contribution >= 4 is 0 Å². The topological polar surface area (TPSA) is 43.8 Å². The summed E-state index contributed by atoms with van der Waals surface area (Å²) in [7, 11) is 1.97. The van der Waals surface area contributed by atoms with E-state index in [1.54, 1.807) is 0 Å². The molecule has 0 saturated heterocycles. The number of hydrogen-bond acceptors (Lipinski definition) is 2. The average molecular weight is 237 g/mol. The van der Waals surface area contributed by atoms with Crippen molar-refractivity contribution in [2.24, 2.45) is 18.2 Å². The molecule has 17 heavy (non-hydrogen) atoms. The van der Waals surface area contributed by atoms with E-state index in [9.17, 15) is 0 Å². The Morgan fingerprint density at radius 3 is 2.59 bits per heavy atom. The summed E-state index contributed by atoms with van der Waals surface area (Å²) in [5.41, 5.74) is 7.68. The third-order valence-corrected chi connectivity index (χ3v) is 3.95. The molecule has 0 aliphatic carbocycles. The van der Waals surface area contributed by atoms with Crippen LogP contribution in [0.3, 0.4) is 0 Å². The van der Waals surface area contributed by atoms with E-state index in [0.29, 0.717) is 5.41 Å². The Balaban J connectivity index is 2.54. The highest BCUT2D eigenvalue weighted by Crippen LogP contribution is 2.32. The van der Waals surface area contributed by atoms with Crippen LogP contribution in [0.2, 0.25) is 0 Å². The molecule has 0 spiro atoms. The molecule has 1 unspecified atom stereocenters. The van der Waals surface area contributed by atoms with Crippen molar-refractivity contribution in [1.29, 1.82) is 0 Å². The summed E-state index contributed by atoms with van der Waals surface area (Å²) >= 11 is 0. The van der Waals surface area contributed by atoms with E-state index in [-0.39, 0.29) is 0 Å². The first-order valence-electron chi connectivity index (χ1n) is 6.83. The van der Waals surface area contributed by atoms with E-state index in [1.165, 1.54) is 37.7 Å². The van der Waals surface area contributed by atoms with Crippen LogP contribution in [0.25, 0.3) is 0 Å². The van der Waals surface area contributed by atoms with Crippen molar-refractivity contribution in [3.8, 4) is 0 Å². The lowest BCUT2D eigenvalue weighted by molar-refractivity contribution is 0.232. The SMILES string of the molecule is CCCCC(CC)(CN)CCc1cnn(C)c1. The highest BCUT2D eigenvalue weighted by atomic mass is 15.2. The molecule has 98 valence electrons. The molecule has 0 radical (unpaired) electrons. The van der Waals surface area contributed by atoms with Crippen LogP contribution < -0.4 is 5.73 Å². The van der Waals surface area contributed by atoms with E-state index in [4.69, 9.17) is 5.73 Å². The monoisotopic (exact) mass is 237 g/mol. The standard InChI is InChI=1S/C14H27N3/c1-4-6-8-14(5-2,12-15)9-7-13-10-16-17(3)11-13/h10-11H,4-9,12,15H2,1-3H3. The molecule has 0 aliphatic rings. The van der Waals surface area contributed by atoms with Gasteiger partial charge in [-0.15, -0.1) is 0 Å². The van der Waals surface area contributed by atoms with Crippen molar-refractivity contribution in [1.82, 2.24) is 9.78 Å². The summed E-state index contributed by atoms with van der Waals surface area (Å²) in [5.74, 6) is 0. The van der Waals surface area contributed by atoms with Gasteiger partial charge in [0.2, 0.25) is 0 Å². The number of hydrogen-bond donors (Lipinski definition) is 1. The van der Waals surface area contributed by atoms with Gasteiger partial charge in [-0.1, -0.05) is 26.7 Å². The third-order valence-electron chi connectivity index (χ3n) is 3.95. The second-order valence-corrected chi connectivity index (χ2v) is 5.18. The number of rotatable bonds is 8. The predicted molar refractivity (Wildman–Crippen MR) is 72.8 cm³/mol. The number of nitrogens with two attached hydrogens (primary N) is 1. The highest BCUT2D eigenvalue weighted by Gasteiger charge is 2.25. The fourth-order valence-electron chi connectivity index (χ4n) is 2.39. The van der Waals surface area contributed by atoms with Crippen molar-refractivity contribution in [2.75, 3.05) is 6.54 Å². The van der Waals surface area contributed by atoms with Gasteiger partial charge < -0.3 is 5.73 Å². The van der Waals surface area contributed by atoms with Crippen molar-refractivity contribution in [2.45, 2.75) is 52.4 Å². The maximum atomic E-state index is 6.01. The number of aromatic nitrogens is 2. The van der Waals surface area contributed by atoms with Crippen LogP contribution in [0.5, 0.6) is 0 Å². The van der Waals surface area contributed by atoms with E-state index in [2.05, 4.69) is 25.1 Å². The molecule has 1 heterocycles. The second kappa shape index (κ2) is 6.80. The Morgan fingerprint density at radius 2 is 2.12 bits per heavy atom. The summed E-state index contributed by atoms with van der Waals surface area (Å²) in [4.78, 5) is 0. The Hall–Kier alpha value is -0.830. The Labute approximate surface area is 105 Å². The summed E-state index contributed by atoms with van der Waals surface area (Å²) in [6.45, 7) is 5.33. The maximum absolute atomic E-state index is 6.01. The van der Waals surface area contributed by atoms with Crippen LogP contribution >= 0.6 is 0 Å². The molecular weight excluding hydrogens is 210 g/mol. The van der Waals surface area contributed by atoms with Gasteiger partial charge in [0.25, 0.3) is 0 Å². The first-order chi connectivity index (χ1) is 8.15. The summed E-state index contributed by atoms with van der Waals surface area (Å²) < 4.78 is 1.87. The molecule has 0 aliphatic heterocycles. The van der Waals surface area contributed by atoms with Gasteiger partial charge in [-0.2, -0.15) is 5.10 Å². The second-order valence-electron chi connectivity index (χ2n) is 5.18. The van der Waals surface area contributed by atoms with E-state index < -0.39 is 0 Å². The fraction of sp³-hybridized carbons (Fsp3) is 0.786. The van der Waals surface area contributed by atoms with E-state index in [0.717, 1.165) is 13.0 Å². The zero-order chi connectivity index (χ0) is 12.7. The molecule has 1 atom stereocenters. The number of unbranched alkanes of at least 4 members (excludes halogenated alkanes) is 1. The largest absolute Gasteiger partial charge is 0.330 e. The summed E-state index contributed by atoms with van der Waals surface area (Å²) in [6.07, 6.45) is 11.4. The molecule has 3 nitrogen and oxygen atoms in total. The number of nitrogens with zero attached hydrogens (tertiary/aromatic N) is 2. The van der Waals surface area contributed by atoms with Gasteiger partial charge in [-0.25, -0.2) is 0 Å². The number of aryl methyl sites for hydroxylation is 2. The first kappa shape index (κ1) is 14.2. The zero-order valence-corrected chi connectivity index (χ0v) is 11.6. The van der Waals surface area contributed by atoms with Crippen LogP contribution in [0.15, 0.2) is 12.4 Å². The smallest absolute Gasteiger partial charge is 0.0521 e. The van der Waals surface area contributed by atoms with Gasteiger partial charge in [0.05, 0.1) is 6.20 Å². The first-order valence-corrected chi connectivity index (χ1v) is 6.83. The summed E-state index contributed by atoms with van der Waals surface area (Å²) in [5, 5.41) is 4.22. The lowest BCUT2D eigenvalue weighted by atomic mass is 9.76. The van der Waals surface area contributed by atoms with Crippen molar-refractivity contribution in [3.05, 3.63) is 18.0 Å². The van der Waals surface area contributed by atoms with Crippen LogP contribution in [0, 0.1) is 5.41 Å². The van der Waals surface area contributed by atoms with Gasteiger partial charge in [0.15, 0.2) is 0 Å². The zero-order valence-electron chi connectivity index (χ0n) is 11.6. The predicted octanol–water partition coefficient (Wildman–Crippen LogP) is 2.90. The third kappa shape index (κ3) is 4.15. The Bertz CT molecular complexity index is 313. The van der Waals surface area contributed by atoms with E-state index >= 15 is 0 Å². The van der Waals surface area contributed by atoms with Crippen LogP contribution in [0.4, 0.5) is 0 Å². The molecule has 0 bridgehead atoms. The van der Waals surface area contributed by atoms with Gasteiger partial charge in [0, 0.05) is 13.2 Å². The van der Waals surface area contributed by atoms with Gasteiger partial charge in [-0.05, 0) is 43.2 Å². The van der Waals surface area contributed by atoms with Gasteiger partial charge >= 0.3 is 0 Å². The van der Waals surface area contributed by atoms with E-state index in [1.807, 2.05) is 17.9 Å².